The summed E-state index contributed by atoms with van der Waals surface area (Å²) in [5.74, 6) is -13.5. The van der Waals surface area contributed by atoms with E-state index in [9.17, 15) is 119 Å². The maximum absolute atomic E-state index is 14.4. The quantitative estimate of drug-likeness (QED) is 0.00463. The minimum atomic E-state index is -5.17. The molecule has 3 saturated heterocycles. The van der Waals surface area contributed by atoms with Gasteiger partial charge in [0, 0.05) is 95.8 Å². The van der Waals surface area contributed by atoms with E-state index < -0.39 is 178 Å². The van der Waals surface area contributed by atoms with Crippen molar-refractivity contribution in [1.29, 1.82) is 5.41 Å². The minimum Gasteiger partial charge on any atom is -0.508 e. The Balaban J connectivity index is 0.852. The Morgan fingerprint density at radius 2 is 1.11 bits per heavy atom. The van der Waals surface area contributed by atoms with Crippen LogP contribution < -0.4 is 64.6 Å². The van der Waals surface area contributed by atoms with Crippen molar-refractivity contribution in [2.75, 3.05) is 102 Å². The van der Waals surface area contributed by atoms with E-state index in [1.807, 2.05) is 0 Å². The second-order valence-electron chi connectivity index (χ2n) is 30.3. The number of anilines is 2. The molecule has 682 valence electrons. The van der Waals surface area contributed by atoms with Crippen LogP contribution in [0.3, 0.4) is 0 Å². The number of azo groups is 1. The van der Waals surface area contributed by atoms with E-state index in [4.69, 9.17) is 16.9 Å². The van der Waals surface area contributed by atoms with Crippen molar-refractivity contribution >= 4 is 154 Å². The Bertz CT molecular complexity index is 5190. The molecule has 5 aromatic rings. The van der Waals surface area contributed by atoms with E-state index in [2.05, 4.69) is 63.4 Å². The Labute approximate surface area is 727 Å². The lowest BCUT2D eigenvalue weighted by Gasteiger charge is -2.26. The van der Waals surface area contributed by atoms with Crippen molar-refractivity contribution < 1.29 is 119 Å². The Kier molecular flexibility index (Phi) is 36.0. The third-order valence-electron chi connectivity index (χ3n) is 20.7. The van der Waals surface area contributed by atoms with Gasteiger partial charge in [-0.05, 0) is 148 Å². The number of amides is 11. The van der Waals surface area contributed by atoms with Gasteiger partial charge in [0.25, 0.3) is 20.2 Å². The lowest BCUT2D eigenvalue weighted by molar-refractivity contribution is -0.141. The van der Waals surface area contributed by atoms with Crippen molar-refractivity contribution in [3.05, 3.63) is 95.6 Å². The number of benzene rings is 5. The van der Waals surface area contributed by atoms with E-state index in [-0.39, 0.29) is 190 Å². The lowest BCUT2D eigenvalue weighted by atomic mass is 10.00. The first-order chi connectivity index (χ1) is 59.5. The molecular formula is C79H103N19O25S3. The van der Waals surface area contributed by atoms with Crippen LogP contribution >= 0.6 is 11.8 Å². The first kappa shape index (κ1) is 98.9. The summed E-state index contributed by atoms with van der Waals surface area (Å²) in [7, 11) is -10.3. The molecule has 11 amide bonds. The molecule has 8 rings (SSSR count). The molecule has 22 N–H and O–H groups in total. The fourth-order valence-corrected chi connectivity index (χ4v) is 16.4. The average molecular weight is 1820 g/mol. The number of phenolic OH excluding ortho intramolecular Hbond substituents is 2. The number of rotatable bonds is 38. The Morgan fingerprint density at radius 1 is 0.587 bits per heavy atom. The van der Waals surface area contributed by atoms with Crippen LogP contribution in [0.25, 0.3) is 21.9 Å². The topological polar surface area (TPSA) is 683 Å². The van der Waals surface area contributed by atoms with E-state index in [0.29, 0.717) is 39.6 Å². The number of hydrogen-bond acceptors (Lipinski definition) is 28. The summed E-state index contributed by atoms with van der Waals surface area (Å²) >= 11 is 0.895. The number of nitrogens with one attached hydrogen (secondary N) is 11. The number of nitrogens with two attached hydrogens (primary N) is 2. The number of aryl methyl sites for hydroxylation is 2. The van der Waals surface area contributed by atoms with Gasteiger partial charge in [-0.2, -0.15) is 21.9 Å². The summed E-state index contributed by atoms with van der Waals surface area (Å²) in [6.07, 6.45) is -0.929. The van der Waals surface area contributed by atoms with Crippen LogP contribution in [-0.2, 0) is 93.8 Å². The van der Waals surface area contributed by atoms with Crippen LogP contribution in [0.2, 0.25) is 0 Å². The Morgan fingerprint density at radius 3 is 1.70 bits per heavy atom. The number of phenols is 2. The average Bonchev–Trinajstić information content (AvgIpc) is 0.770. The highest BCUT2D eigenvalue weighted by Gasteiger charge is 2.40. The summed E-state index contributed by atoms with van der Waals surface area (Å²) in [5.41, 5.74) is 13.9. The maximum Gasteiger partial charge on any atom is 0.317 e. The number of fused-ring (bicyclic) bond motifs is 1. The normalized spacial score (nSPS) is 19.0. The van der Waals surface area contributed by atoms with Crippen LogP contribution in [0, 0.1) is 19.3 Å². The number of likely N-dealkylation sites (tertiary alicyclic amines) is 1. The molecule has 2 unspecified atom stereocenters. The molecule has 47 heteroatoms. The van der Waals surface area contributed by atoms with Gasteiger partial charge in [0.1, 0.15) is 57.5 Å². The van der Waals surface area contributed by atoms with Gasteiger partial charge in [0.05, 0.1) is 53.8 Å². The van der Waals surface area contributed by atoms with Gasteiger partial charge in [0.15, 0.2) is 11.7 Å². The van der Waals surface area contributed by atoms with Gasteiger partial charge in [-0.15, -0.1) is 16.9 Å². The molecule has 0 spiro atoms. The summed E-state index contributed by atoms with van der Waals surface area (Å²) in [4.78, 5) is 190. The maximum atomic E-state index is 14.4. The summed E-state index contributed by atoms with van der Waals surface area (Å²) < 4.78 is 68.4. The van der Waals surface area contributed by atoms with Gasteiger partial charge < -0.3 is 90.2 Å². The smallest absolute Gasteiger partial charge is 0.317 e. The van der Waals surface area contributed by atoms with E-state index in [0.717, 1.165) is 28.8 Å². The zero-order valence-electron chi connectivity index (χ0n) is 69.0. The molecule has 3 heterocycles. The fourth-order valence-electron chi connectivity index (χ4n) is 13.9. The van der Waals surface area contributed by atoms with Crippen LogP contribution in [0.4, 0.5) is 22.7 Å². The largest absolute Gasteiger partial charge is 0.508 e. The number of aromatic hydroxyl groups is 2. The molecule has 0 radical (unpaired) electrons. The van der Waals surface area contributed by atoms with E-state index in [1.54, 1.807) is 64.9 Å². The highest BCUT2D eigenvalue weighted by molar-refractivity contribution is 8.01. The number of carbonyl (C=O) groups excluding carboxylic acids is 11. The molecule has 0 aromatic heterocycles. The number of aliphatic carboxylic acids is 3. The molecule has 5 aromatic carbocycles. The van der Waals surface area contributed by atoms with Crippen LogP contribution in [0.15, 0.2) is 98.9 Å². The highest BCUT2D eigenvalue weighted by atomic mass is 32.2. The third-order valence-corrected chi connectivity index (χ3v) is 23.7. The molecule has 0 bridgehead atoms. The molecule has 44 nitrogen and oxygen atoms in total. The fraction of sp³-hybridized carbons (Fsp3) is 0.456. The van der Waals surface area contributed by atoms with Gasteiger partial charge in [-0.25, -0.2) is 0 Å². The molecule has 3 aliphatic rings. The predicted molar refractivity (Wildman–Crippen MR) is 455 cm³/mol. The molecule has 0 saturated carbocycles. The van der Waals surface area contributed by atoms with Crippen molar-refractivity contribution in [2.45, 2.75) is 149 Å². The number of nitrogen functional groups attached to an aromatic ring is 1. The highest BCUT2D eigenvalue weighted by Crippen LogP contribution is 2.44. The van der Waals surface area contributed by atoms with Crippen molar-refractivity contribution in [3.63, 3.8) is 0 Å². The number of unbranched alkanes of at least 4 members (excludes halogenated alkanes) is 2. The number of hydrogen-bond donors (Lipinski definition) is 20. The van der Waals surface area contributed by atoms with Gasteiger partial charge in [0.2, 0.25) is 65.0 Å². The van der Waals surface area contributed by atoms with E-state index in [1.165, 1.54) is 31.2 Å². The standard InChI is InChI=1S/C79H103N19O25S3/c1-43-33-47(48-15-20-52(44(2)34-48)93-94-53-21-18-50-60(125(118,119)120)38-61(126(121,122)123)70(80)69(50)71(53)110)14-19-51(43)88-74(113)54(87-63(101)39-95-27-29-96(40-67(106)107)31-32-97(30-28-95)41-68(108)109)9-4-6-23-83-62(100)22-26-98-65(103)37-59(78(98)117)124-42-64(102)84-24-7-5-10-55-75(114)89-56(11-8-25-85-79(81)82)73(112)86-45(3)72(111)91-58(36-66(104)105)77(116)92-57(76(115)90-55)35-46-12-16-49(99)17-13-46/h12-21,33-34,38,45,54-59,99,110H,4-11,22-32,35-37,39-42,80H2,1-3H3,(H,83,100)(H,84,102)(H,86,112)(H,87,101)(H,88,113)(H,89,114)(H,90,115)(H,91,111)(H,92,116)(H,104,105)(H,106,107)(H,108,109)(H4,81,82,85)(H,118,119,120)(H,121,122,123)/t45?,54-,55-,56+,57+,58+,59?/m1/s1. The molecular weight excluding hydrogens is 1710 g/mol. The summed E-state index contributed by atoms with van der Waals surface area (Å²) in [6, 6.07) is 9.83. The van der Waals surface area contributed by atoms with Crippen LogP contribution in [-0.4, -0.2) is 292 Å². The summed E-state index contributed by atoms with van der Waals surface area (Å²) in [6.45, 7) is 5.00. The zero-order valence-corrected chi connectivity index (χ0v) is 71.4. The molecule has 3 aliphatic heterocycles. The predicted octanol–water partition coefficient (Wildman–Crippen LogP) is -0.200. The number of nitrogens with zero attached hydrogens (tertiary/aromatic N) is 6. The molecule has 7 atom stereocenters. The SMILES string of the molecule is Cc1cc(-c2ccc(NC(=O)[C@@H](CCCCNC(=O)CCN3C(=O)CC(SCC(=O)NCCCC[C@H]4NC(=O)[C@H](Cc5ccc(O)cc5)NC(=O)[C@H](CC(=O)O)NC(=O)C(C)NC(=O)[C@H](CCCNC(=N)N)NC4=O)C3=O)NC(=O)CN3CCN(CC(=O)O)CCN(CC(=O)O)CC3)c(C)c2)ccc1N=Nc1ccc2c(S(=O)(=O)O)cc(S(=O)(=O)O)c(N)c2c1O. The third kappa shape index (κ3) is 29.8. The number of imide groups is 1. The van der Waals surface area contributed by atoms with Gasteiger partial charge >= 0.3 is 17.9 Å². The monoisotopic (exact) mass is 1810 g/mol. The summed E-state index contributed by atoms with van der Waals surface area (Å²) in [5, 5.41) is 90.2. The van der Waals surface area contributed by atoms with Crippen molar-refractivity contribution in [1.82, 2.24) is 67.5 Å². The number of carbonyl (C=O) groups is 14. The number of carboxylic acid groups (broad SMARTS) is 3. The number of carboxylic acids is 3. The second kappa shape index (κ2) is 45.9. The first-order valence-corrected chi connectivity index (χ1v) is 43.9. The Hall–Kier alpha value is -12.5. The van der Waals surface area contributed by atoms with Crippen molar-refractivity contribution in [3.8, 4) is 22.6 Å². The molecule has 0 aliphatic carbocycles. The minimum absolute atomic E-state index is 0.0121. The lowest BCUT2D eigenvalue weighted by Crippen LogP contribution is -2.58. The second-order valence-corrected chi connectivity index (χ2v) is 34.3. The first-order valence-electron chi connectivity index (χ1n) is 40.0. The van der Waals surface area contributed by atoms with Gasteiger partial charge in [-0.3, -0.25) is 101 Å². The van der Waals surface area contributed by atoms with E-state index >= 15 is 0 Å². The van der Waals surface area contributed by atoms with Gasteiger partial charge in [-0.1, -0.05) is 30.3 Å². The molecule has 3 fully saturated rings. The van der Waals surface area contributed by atoms with Crippen LogP contribution in [0.5, 0.6) is 11.5 Å². The molecule has 126 heavy (non-hydrogen) atoms. The number of guanidine groups is 1. The van der Waals surface area contributed by atoms with Crippen LogP contribution in [0.1, 0.15) is 94.2 Å². The number of thioether (sulfide) groups is 1. The van der Waals surface area contributed by atoms with Crippen molar-refractivity contribution in [2.24, 2.45) is 16.0 Å². The zero-order chi connectivity index (χ0) is 92.4.